The molecule has 1 aromatic carbocycles. The predicted molar refractivity (Wildman–Crippen MR) is 130 cm³/mol. The van der Waals surface area contributed by atoms with E-state index in [0.717, 1.165) is 30.9 Å². The van der Waals surface area contributed by atoms with Gasteiger partial charge in [-0.1, -0.05) is 28.8 Å². The number of ketones is 1. The van der Waals surface area contributed by atoms with E-state index in [9.17, 15) is 14.7 Å². The highest BCUT2D eigenvalue weighted by atomic mass is 32.1. The molecule has 0 amide bonds. The van der Waals surface area contributed by atoms with Crippen molar-refractivity contribution in [3.05, 3.63) is 70.7 Å². The molecule has 182 valence electrons. The quantitative estimate of drug-likeness (QED) is 0.612. The molecular weight excluding hydrogens is 469 g/mol. The average molecular weight is 496 g/mol. The number of carbonyl (C=O) groups is 2. The molecule has 1 aliphatic carbocycles. The van der Waals surface area contributed by atoms with Gasteiger partial charge in [0.1, 0.15) is 17.1 Å². The van der Waals surface area contributed by atoms with Crippen LogP contribution in [-0.2, 0) is 16.1 Å². The largest absolute Gasteiger partial charge is 0.478 e. The summed E-state index contributed by atoms with van der Waals surface area (Å²) in [7, 11) is 0. The fraction of sp³-hybridized carbons (Fsp3) is 0.360. The number of aromatic nitrogens is 2. The Labute approximate surface area is 206 Å². The van der Waals surface area contributed by atoms with E-state index in [2.05, 4.69) is 38.8 Å². The zero-order chi connectivity index (χ0) is 24.5. The first-order valence-corrected chi connectivity index (χ1v) is 12.5. The first-order chi connectivity index (χ1) is 16.9. The smallest absolute Gasteiger partial charge is 0.340 e. The number of piperazine rings is 1. The highest BCUT2D eigenvalue weighted by Crippen LogP contribution is 2.35. The number of carbonyl (C=O) groups excluding carboxylic acids is 1. The third kappa shape index (κ3) is 4.63. The lowest BCUT2D eigenvalue weighted by molar-refractivity contribution is -0.136. The third-order valence-electron chi connectivity index (χ3n) is 6.84. The van der Waals surface area contributed by atoms with Crippen molar-refractivity contribution >= 4 is 23.3 Å². The van der Waals surface area contributed by atoms with E-state index in [4.69, 9.17) is 0 Å². The molecule has 0 radical (unpaired) electrons. The summed E-state index contributed by atoms with van der Waals surface area (Å²) < 4.78 is 19.0. The van der Waals surface area contributed by atoms with E-state index in [1.165, 1.54) is 29.4 Å². The normalized spacial score (nSPS) is 22.9. The Bertz CT molecular complexity index is 1200. The minimum absolute atomic E-state index is 0.293. The Balaban J connectivity index is 1.24. The maximum Gasteiger partial charge on any atom is 0.340 e. The standard InChI is InChI=1S/C25H26FN5O3S/c1-2-30-14-19(25(33)34)24(32)18-11-20(26)23(12-22(18)30)31-9-7-29(8-10-31)13-16-3-5-17(6-4-16)21-15-35-28-27-21/h3-6,11-12,14-15,18,22H,2,7-10,13H2,1H3,(H,33,34). The molecule has 3 aliphatic rings. The summed E-state index contributed by atoms with van der Waals surface area (Å²) in [6, 6.07) is 7.94. The van der Waals surface area contributed by atoms with Crippen molar-refractivity contribution in [3.8, 4) is 11.3 Å². The second-order valence-corrected chi connectivity index (χ2v) is 9.49. The molecule has 1 N–H and O–H groups in total. The van der Waals surface area contributed by atoms with E-state index >= 15 is 4.39 Å². The molecule has 35 heavy (non-hydrogen) atoms. The number of carboxylic acid groups (broad SMARTS) is 1. The lowest BCUT2D eigenvalue weighted by atomic mass is 9.82. The fourth-order valence-electron chi connectivity index (χ4n) is 4.91. The molecule has 2 unspecified atom stereocenters. The minimum Gasteiger partial charge on any atom is -0.478 e. The number of allylic oxidation sites excluding steroid dienone is 1. The van der Waals surface area contributed by atoms with Crippen LogP contribution in [0.5, 0.6) is 0 Å². The minimum atomic E-state index is -1.28. The summed E-state index contributed by atoms with van der Waals surface area (Å²) in [6.07, 6.45) is 4.48. The fourth-order valence-corrected chi connectivity index (χ4v) is 5.38. The molecule has 0 bridgehead atoms. The number of rotatable bonds is 6. The zero-order valence-corrected chi connectivity index (χ0v) is 20.1. The van der Waals surface area contributed by atoms with Crippen LogP contribution in [0.15, 0.2) is 65.1 Å². The summed E-state index contributed by atoms with van der Waals surface area (Å²) in [6.45, 7) is 6.14. The van der Waals surface area contributed by atoms with Gasteiger partial charge in [0.05, 0.1) is 17.7 Å². The van der Waals surface area contributed by atoms with Crippen LogP contribution >= 0.6 is 11.5 Å². The second-order valence-electron chi connectivity index (χ2n) is 8.88. The van der Waals surface area contributed by atoms with Gasteiger partial charge in [0.15, 0.2) is 5.78 Å². The summed E-state index contributed by atoms with van der Waals surface area (Å²) in [5.74, 6) is -3.09. The number of halogens is 1. The number of Topliss-reactive ketones (excluding diaryl/α,β-unsaturated/α-hetero) is 1. The highest BCUT2D eigenvalue weighted by molar-refractivity contribution is 7.03. The van der Waals surface area contributed by atoms with Gasteiger partial charge in [-0.15, -0.1) is 5.10 Å². The first-order valence-electron chi connectivity index (χ1n) is 11.6. The van der Waals surface area contributed by atoms with Gasteiger partial charge < -0.3 is 14.9 Å². The highest BCUT2D eigenvalue weighted by Gasteiger charge is 2.41. The van der Waals surface area contributed by atoms with Crippen LogP contribution in [0.25, 0.3) is 11.3 Å². The van der Waals surface area contributed by atoms with Crippen LogP contribution < -0.4 is 0 Å². The van der Waals surface area contributed by atoms with Gasteiger partial charge in [0.25, 0.3) is 0 Å². The number of carboxylic acids is 1. The Morgan fingerprint density at radius 3 is 2.54 bits per heavy atom. The zero-order valence-electron chi connectivity index (χ0n) is 19.3. The lowest BCUT2D eigenvalue weighted by Crippen LogP contribution is -2.49. The van der Waals surface area contributed by atoms with Gasteiger partial charge in [-0.05, 0) is 36.2 Å². The van der Waals surface area contributed by atoms with Crippen molar-refractivity contribution in [1.29, 1.82) is 0 Å². The molecule has 10 heteroatoms. The summed E-state index contributed by atoms with van der Waals surface area (Å²) >= 11 is 1.33. The molecule has 3 heterocycles. The number of hydrogen-bond acceptors (Lipinski definition) is 8. The monoisotopic (exact) mass is 495 g/mol. The third-order valence-corrected chi connectivity index (χ3v) is 7.34. The molecule has 2 atom stereocenters. The van der Waals surface area contributed by atoms with Crippen molar-refractivity contribution in [2.75, 3.05) is 32.7 Å². The molecule has 1 aromatic heterocycles. The molecule has 0 saturated carbocycles. The Hall–Kier alpha value is -3.37. The van der Waals surface area contributed by atoms with E-state index in [-0.39, 0.29) is 11.6 Å². The van der Waals surface area contributed by atoms with Gasteiger partial charge in [-0.3, -0.25) is 9.69 Å². The maximum atomic E-state index is 15.1. The lowest BCUT2D eigenvalue weighted by Gasteiger charge is -2.42. The molecule has 8 nitrogen and oxygen atoms in total. The molecule has 2 aliphatic heterocycles. The van der Waals surface area contributed by atoms with Crippen molar-refractivity contribution in [2.24, 2.45) is 5.92 Å². The molecule has 1 saturated heterocycles. The summed E-state index contributed by atoms with van der Waals surface area (Å²) in [4.78, 5) is 30.3. The molecule has 2 aromatic rings. The van der Waals surface area contributed by atoms with Crippen LogP contribution in [0.4, 0.5) is 4.39 Å². The number of hydrogen-bond donors (Lipinski definition) is 1. The second kappa shape index (κ2) is 9.71. The summed E-state index contributed by atoms with van der Waals surface area (Å²) in [5, 5.41) is 15.4. The molecule has 0 spiro atoms. The number of aliphatic carboxylic acids is 1. The van der Waals surface area contributed by atoms with Crippen LogP contribution in [0, 0.1) is 5.92 Å². The van der Waals surface area contributed by atoms with E-state index in [0.29, 0.717) is 25.3 Å². The van der Waals surface area contributed by atoms with Gasteiger partial charge in [0.2, 0.25) is 0 Å². The van der Waals surface area contributed by atoms with Crippen molar-refractivity contribution in [3.63, 3.8) is 0 Å². The van der Waals surface area contributed by atoms with Gasteiger partial charge in [-0.25, -0.2) is 9.18 Å². The summed E-state index contributed by atoms with van der Waals surface area (Å²) in [5.41, 5.74) is 3.33. The number of benzene rings is 1. The van der Waals surface area contributed by atoms with Crippen LogP contribution in [-0.4, -0.2) is 79.9 Å². The molecule has 1 fully saturated rings. The number of nitrogens with zero attached hydrogens (tertiary/aromatic N) is 5. The van der Waals surface area contributed by atoms with Gasteiger partial charge in [0, 0.05) is 56.4 Å². The average Bonchev–Trinajstić information content (AvgIpc) is 3.40. The first kappa shape index (κ1) is 23.4. The SMILES string of the molecule is CCN1C=C(C(=O)O)C(=O)C2C=C(F)C(N3CCN(Cc4ccc(-c5csnn5)cc4)CC3)=CC21. The van der Waals surface area contributed by atoms with Crippen LogP contribution in [0.2, 0.25) is 0 Å². The van der Waals surface area contributed by atoms with Crippen LogP contribution in [0.3, 0.4) is 0 Å². The Kier molecular flexibility index (Phi) is 6.48. The Morgan fingerprint density at radius 2 is 1.91 bits per heavy atom. The van der Waals surface area contributed by atoms with E-state index < -0.39 is 23.5 Å². The maximum absolute atomic E-state index is 15.1. The van der Waals surface area contributed by atoms with Crippen LogP contribution in [0.1, 0.15) is 12.5 Å². The topological polar surface area (TPSA) is 89.9 Å². The Morgan fingerprint density at radius 1 is 1.17 bits per heavy atom. The van der Waals surface area contributed by atoms with Gasteiger partial charge in [-0.2, -0.15) is 0 Å². The van der Waals surface area contributed by atoms with Crippen molar-refractivity contribution in [1.82, 2.24) is 24.3 Å². The predicted octanol–water partition coefficient (Wildman–Crippen LogP) is 2.93. The van der Waals surface area contributed by atoms with Gasteiger partial charge >= 0.3 is 5.97 Å². The van der Waals surface area contributed by atoms with Crippen molar-refractivity contribution < 1.29 is 19.1 Å². The van der Waals surface area contributed by atoms with Crippen molar-refractivity contribution in [2.45, 2.75) is 19.5 Å². The molecule has 5 rings (SSSR count). The number of fused-ring (bicyclic) bond motifs is 1. The van der Waals surface area contributed by atoms with E-state index in [1.54, 1.807) is 11.0 Å². The van der Waals surface area contributed by atoms with E-state index in [1.807, 2.05) is 17.2 Å². The molecular formula is C25H26FN5O3S. The number of likely N-dealkylation sites (N-methyl/N-ethyl adjacent to an activating group) is 1.